The minimum Gasteiger partial charge on any atom is -0.467 e. The number of likely N-dealkylation sites (tertiary alicyclic amines) is 1. The average molecular weight is 733 g/mol. The summed E-state index contributed by atoms with van der Waals surface area (Å²) in [5.74, 6) is -2.42. The van der Waals surface area contributed by atoms with Gasteiger partial charge >= 0.3 is 12.1 Å². The zero-order valence-electron chi connectivity index (χ0n) is 33.4. The van der Waals surface area contributed by atoms with Gasteiger partial charge in [-0.15, -0.1) is 0 Å². The van der Waals surface area contributed by atoms with Crippen LogP contribution in [0.2, 0.25) is 0 Å². The average Bonchev–Trinajstić information content (AvgIpc) is 3.58. The molecule has 13 nitrogen and oxygen atoms in total. The molecule has 1 aliphatic rings. The number of nitrogens with one attached hydrogen (secondary N) is 2. The summed E-state index contributed by atoms with van der Waals surface area (Å²) in [5.41, 5.74) is 0.142. The Bertz CT molecular complexity index is 1320. The number of carbonyl (C=O) groups is 5. The van der Waals surface area contributed by atoms with E-state index in [0.29, 0.717) is 19.4 Å². The molecule has 2 rings (SSSR count). The molecular weight excluding hydrogens is 668 g/mol. The fourth-order valence-corrected chi connectivity index (χ4v) is 6.96. The van der Waals surface area contributed by atoms with Crippen molar-refractivity contribution in [3.8, 4) is 0 Å². The SMILES string of the molecule is CCC(C)C(C(CC(=O)N1CCC[C@H]1C(OC)C(C)C(=O)NC(Cc1ccccc1)C(=O)OC)OC)N(C)C(=O)C(NC(=O)OC(C)(C)C)C(C)C. The summed E-state index contributed by atoms with van der Waals surface area (Å²) >= 11 is 0. The van der Waals surface area contributed by atoms with Crippen LogP contribution in [-0.2, 0) is 44.5 Å². The summed E-state index contributed by atoms with van der Waals surface area (Å²) in [5, 5.41) is 5.59. The second-order valence-electron chi connectivity index (χ2n) is 15.2. The Morgan fingerprint density at radius 3 is 2.12 bits per heavy atom. The quantitative estimate of drug-likeness (QED) is 0.210. The highest BCUT2D eigenvalue weighted by Crippen LogP contribution is 2.30. The number of carbonyl (C=O) groups excluding carboxylic acids is 5. The van der Waals surface area contributed by atoms with Crippen molar-refractivity contribution in [2.24, 2.45) is 17.8 Å². The van der Waals surface area contributed by atoms with Gasteiger partial charge in [0.1, 0.15) is 17.7 Å². The molecule has 52 heavy (non-hydrogen) atoms. The van der Waals surface area contributed by atoms with Crippen LogP contribution in [0.3, 0.4) is 0 Å². The Labute approximate surface area is 310 Å². The van der Waals surface area contributed by atoms with E-state index in [2.05, 4.69) is 10.6 Å². The van der Waals surface area contributed by atoms with Gasteiger partial charge < -0.3 is 39.4 Å². The summed E-state index contributed by atoms with van der Waals surface area (Å²) in [6.45, 7) is 15.2. The third-order valence-electron chi connectivity index (χ3n) is 9.95. The maximum Gasteiger partial charge on any atom is 0.408 e. The lowest BCUT2D eigenvalue weighted by molar-refractivity contribution is -0.148. The molecule has 7 unspecified atom stereocenters. The topological polar surface area (TPSA) is 153 Å². The Morgan fingerprint density at radius 1 is 0.962 bits per heavy atom. The van der Waals surface area contributed by atoms with Crippen molar-refractivity contribution in [2.45, 2.75) is 129 Å². The second kappa shape index (κ2) is 20.5. The first-order valence-corrected chi connectivity index (χ1v) is 18.4. The van der Waals surface area contributed by atoms with Crippen LogP contribution < -0.4 is 10.6 Å². The Kier molecular flexibility index (Phi) is 17.5. The third kappa shape index (κ3) is 12.5. The van der Waals surface area contributed by atoms with E-state index < -0.39 is 60.0 Å². The first-order valence-electron chi connectivity index (χ1n) is 18.4. The van der Waals surface area contributed by atoms with Crippen molar-refractivity contribution in [1.29, 1.82) is 0 Å². The van der Waals surface area contributed by atoms with E-state index in [1.807, 2.05) is 58.0 Å². The van der Waals surface area contributed by atoms with Crippen LogP contribution in [-0.4, -0.2) is 116 Å². The summed E-state index contributed by atoms with van der Waals surface area (Å²) < 4.78 is 22.3. The fraction of sp³-hybridized carbons (Fsp3) is 0.718. The number of alkyl carbamates (subject to hydrolysis) is 1. The van der Waals surface area contributed by atoms with Crippen LogP contribution in [0.5, 0.6) is 0 Å². The number of benzene rings is 1. The monoisotopic (exact) mass is 732 g/mol. The maximum atomic E-state index is 14.1. The molecule has 13 heteroatoms. The Balaban J connectivity index is 2.26. The zero-order valence-corrected chi connectivity index (χ0v) is 33.4. The Morgan fingerprint density at radius 2 is 1.60 bits per heavy atom. The van der Waals surface area contributed by atoms with E-state index in [9.17, 15) is 24.0 Å². The van der Waals surface area contributed by atoms with Crippen LogP contribution in [0, 0.1) is 17.8 Å². The summed E-state index contributed by atoms with van der Waals surface area (Å²) in [6, 6.07) is 6.72. The highest BCUT2D eigenvalue weighted by atomic mass is 16.6. The fourth-order valence-electron chi connectivity index (χ4n) is 6.96. The highest BCUT2D eigenvalue weighted by molar-refractivity contribution is 5.87. The molecule has 1 saturated heterocycles. The van der Waals surface area contributed by atoms with Gasteiger partial charge in [-0.05, 0) is 51.0 Å². The number of hydrogen-bond donors (Lipinski definition) is 2. The molecule has 2 N–H and O–H groups in total. The van der Waals surface area contributed by atoms with Crippen molar-refractivity contribution < 1.29 is 42.9 Å². The zero-order chi connectivity index (χ0) is 39.3. The number of hydrogen-bond acceptors (Lipinski definition) is 9. The number of nitrogens with zero attached hydrogens (tertiary/aromatic N) is 2. The molecule has 0 radical (unpaired) electrons. The van der Waals surface area contributed by atoms with E-state index in [0.717, 1.165) is 12.0 Å². The van der Waals surface area contributed by atoms with Gasteiger partial charge in [0.2, 0.25) is 17.7 Å². The number of rotatable bonds is 18. The van der Waals surface area contributed by atoms with E-state index in [-0.39, 0.29) is 42.4 Å². The molecule has 8 atom stereocenters. The largest absolute Gasteiger partial charge is 0.467 e. The molecule has 1 heterocycles. The van der Waals surface area contributed by atoms with E-state index in [1.54, 1.807) is 44.5 Å². The molecule has 1 aromatic rings. The minimum absolute atomic E-state index is 0.00995. The molecule has 294 valence electrons. The van der Waals surface area contributed by atoms with Gasteiger partial charge in [0, 0.05) is 34.2 Å². The summed E-state index contributed by atoms with van der Waals surface area (Å²) in [7, 11) is 6.02. The molecular formula is C39H64N4O9. The van der Waals surface area contributed by atoms with Crippen LogP contribution in [0.25, 0.3) is 0 Å². The van der Waals surface area contributed by atoms with Gasteiger partial charge in [-0.3, -0.25) is 14.4 Å². The van der Waals surface area contributed by atoms with Crippen molar-refractivity contribution >= 4 is 29.8 Å². The lowest BCUT2D eigenvalue weighted by atomic mass is 9.89. The van der Waals surface area contributed by atoms with Crippen LogP contribution in [0.15, 0.2) is 30.3 Å². The Hall–Kier alpha value is -3.71. The van der Waals surface area contributed by atoms with Crippen molar-refractivity contribution in [3.63, 3.8) is 0 Å². The van der Waals surface area contributed by atoms with E-state index in [1.165, 1.54) is 21.3 Å². The molecule has 0 aliphatic carbocycles. The van der Waals surface area contributed by atoms with Gasteiger partial charge in [-0.25, -0.2) is 9.59 Å². The number of amides is 4. The third-order valence-corrected chi connectivity index (χ3v) is 9.95. The number of esters is 1. The molecule has 4 amide bonds. The maximum absolute atomic E-state index is 14.1. The molecule has 1 aromatic carbocycles. The summed E-state index contributed by atoms with van der Waals surface area (Å²) in [4.78, 5) is 70.4. The van der Waals surface area contributed by atoms with Crippen molar-refractivity contribution in [2.75, 3.05) is 34.9 Å². The lowest BCUT2D eigenvalue weighted by Crippen LogP contribution is -2.58. The predicted molar refractivity (Wildman–Crippen MR) is 198 cm³/mol. The van der Waals surface area contributed by atoms with Gasteiger partial charge in [0.25, 0.3) is 0 Å². The highest BCUT2D eigenvalue weighted by Gasteiger charge is 2.43. The minimum atomic E-state index is -0.893. The smallest absolute Gasteiger partial charge is 0.408 e. The van der Waals surface area contributed by atoms with Gasteiger partial charge in [0.05, 0.1) is 43.7 Å². The molecule has 0 spiro atoms. The second-order valence-corrected chi connectivity index (χ2v) is 15.2. The van der Waals surface area contributed by atoms with Crippen LogP contribution >= 0.6 is 0 Å². The van der Waals surface area contributed by atoms with Crippen LogP contribution in [0.1, 0.15) is 86.6 Å². The normalized spacial score (nSPS) is 18.7. The van der Waals surface area contributed by atoms with E-state index >= 15 is 0 Å². The molecule has 0 bridgehead atoms. The van der Waals surface area contributed by atoms with E-state index in [4.69, 9.17) is 18.9 Å². The number of ether oxygens (including phenoxy) is 4. The van der Waals surface area contributed by atoms with Crippen molar-refractivity contribution in [3.05, 3.63) is 35.9 Å². The molecule has 1 aliphatic heterocycles. The first-order chi connectivity index (χ1) is 24.4. The number of methoxy groups -OCH3 is 3. The standard InChI is InChI=1S/C39H64N4O9/c1-13-25(4)33(42(9)36(46)32(24(2)3)41-38(48)52-39(6,7)8)30(49-10)23-31(44)43-21-17-20-29(43)34(50-11)26(5)35(45)40-28(37(47)51-12)22-27-18-15-14-16-19-27/h14-16,18-19,24-26,28-30,32-34H,13,17,20-23H2,1-12H3,(H,40,45)(H,41,48)/t25?,26?,28?,29-,30?,32?,33?,34?/m0/s1. The van der Waals surface area contributed by atoms with Gasteiger partial charge in [-0.1, -0.05) is 71.4 Å². The van der Waals surface area contributed by atoms with Crippen molar-refractivity contribution in [1.82, 2.24) is 20.4 Å². The first kappa shape index (κ1) is 44.5. The molecule has 0 aromatic heterocycles. The van der Waals surface area contributed by atoms with Gasteiger partial charge in [0.15, 0.2) is 0 Å². The lowest BCUT2D eigenvalue weighted by Gasteiger charge is -2.40. The predicted octanol–water partition coefficient (Wildman–Crippen LogP) is 4.36. The van der Waals surface area contributed by atoms with Crippen LogP contribution in [0.4, 0.5) is 4.79 Å². The molecule has 0 saturated carbocycles. The van der Waals surface area contributed by atoms with Gasteiger partial charge in [-0.2, -0.15) is 0 Å². The number of likely N-dealkylation sites (N-methyl/N-ethyl adjacent to an activating group) is 1. The molecule has 1 fully saturated rings. The summed E-state index contributed by atoms with van der Waals surface area (Å²) in [6.07, 6.45) is 0.326.